The molecule has 0 aliphatic rings. The molecule has 0 bridgehead atoms. The molecule has 0 saturated heterocycles. The maximum Gasteiger partial charge on any atom is 0.316 e. The highest BCUT2D eigenvalue weighted by Gasteiger charge is 2.70. The second kappa shape index (κ2) is 9.98. The predicted octanol–water partition coefficient (Wildman–Crippen LogP) is 0.385. The van der Waals surface area contributed by atoms with E-state index in [1.807, 2.05) is 28.2 Å². The minimum Gasteiger partial charge on any atom is -0.349 e. The van der Waals surface area contributed by atoms with E-state index in [0.717, 1.165) is 0 Å². The van der Waals surface area contributed by atoms with Crippen molar-refractivity contribution >= 4 is 17.8 Å². The summed E-state index contributed by atoms with van der Waals surface area (Å²) >= 11 is 0. The lowest BCUT2D eigenvalue weighted by Crippen LogP contribution is -2.76. The number of likely N-dealkylation sites (N-methyl/N-ethyl adjacent to an activating group) is 1. The molecule has 12 nitrogen and oxygen atoms in total. The van der Waals surface area contributed by atoms with Crippen LogP contribution in [0, 0.1) is 0 Å². The van der Waals surface area contributed by atoms with Crippen LogP contribution in [0.4, 0.5) is 17.8 Å². The van der Waals surface area contributed by atoms with E-state index < -0.39 is 17.5 Å². The first-order valence-electron chi connectivity index (χ1n) is 9.15. The number of nitrogens with zero attached hydrogens (tertiary/aromatic N) is 6. The van der Waals surface area contributed by atoms with Crippen molar-refractivity contribution in [1.29, 1.82) is 0 Å². The zero-order valence-electron chi connectivity index (χ0n) is 20.1. The largest absolute Gasteiger partial charge is 0.349 e. The topological polar surface area (TPSA) is 104 Å². The standard InChI is InChI=1S/C18H36N6O6/c1-16(25-7,26-8)17(27-9,28-10)18(29-11,30-12)24(6)15-20-13(22(2)3)19-14(21-15)23(4)5/h1-12H3. The molecular formula is C18H36N6O6. The molecule has 0 unspecified atom stereocenters. The summed E-state index contributed by atoms with van der Waals surface area (Å²) in [7, 11) is 17.7. The number of aromatic nitrogens is 3. The van der Waals surface area contributed by atoms with Gasteiger partial charge in [0.2, 0.25) is 23.6 Å². The number of rotatable bonds is 12. The van der Waals surface area contributed by atoms with E-state index >= 15 is 0 Å². The van der Waals surface area contributed by atoms with Crippen molar-refractivity contribution in [2.45, 2.75) is 24.4 Å². The molecule has 0 N–H and O–H groups in total. The van der Waals surface area contributed by atoms with E-state index in [0.29, 0.717) is 11.9 Å². The zero-order valence-corrected chi connectivity index (χ0v) is 20.1. The third kappa shape index (κ3) is 4.03. The fourth-order valence-corrected chi connectivity index (χ4v) is 3.22. The molecule has 12 heteroatoms. The summed E-state index contributed by atoms with van der Waals surface area (Å²) in [5.74, 6) is -3.82. The van der Waals surface area contributed by atoms with Crippen LogP contribution < -0.4 is 14.7 Å². The molecule has 1 aromatic rings. The van der Waals surface area contributed by atoms with Crippen molar-refractivity contribution < 1.29 is 28.4 Å². The van der Waals surface area contributed by atoms with Crippen molar-refractivity contribution in [1.82, 2.24) is 15.0 Å². The van der Waals surface area contributed by atoms with E-state index in [-0.39, 0.29) is 5.95 Å². The molecule has 1 rings (SSSR count). The molecule has 0 radical (unpaired) electrons. The third-order valence-electron chi connectivity index (χ3n) is 5.06. The fourth-order valence-electron chi connectivity index (χ4n) is 3.22. The van der Waals surface area contributed by atoms with Gasteiger partial charge < -0.3 is 38.2 Å². The predicted molar refractivity (Wildman–Crippen MR) is 113 cm³/mol. The molecule has 1 heterocycles. The van der Waals surface area contributed by atoms with Crippen LogP contribution in [-0.4, -0.2) is 110 Å². The average Bonchev–Trinajstić information content (AvgIpc) is 2.76. The molecule has 0 amide bonds. The van der Waals surface area contributed by atoms with Gasteiger partial charge in [-0.2, -0.15) is 15.0 Å². The van der Waals surface area contributed by atoms with Crippen molar-refractivity contribution in [3.8, 4) is 0 Å². The van der Waals surface area contributed by atoms with Crippen molar-refractivity contribution in [3.63, 3.8) is 0 Å². The first-order valence-corrected chi connectivity index (χ1v) is 9.15. The third-order valence-corrected chi connectivity index (χ3v) is 5.06. The summed E-state index contributed by atoms with van der Waals surface area (Å²) in [4.78, 5) is 18.6. The van der Waals surface area contributed by atoms with Gasteiger partial charge >= 0.3 is 11.7 Å². The first-order chi connectivity index (χ1) is 14.0. The Kier molecular flexibility index (Phi) is 8.72. The lowest BCUT2D eigenvalue weighted by Gasteiger charge is -2.54. The fraction of sp³-hybridized carbons (Fsp3) is 0.833. The van der Waals surface area contributed by atoms with Crippen LogP contribution >= 0.6 is 0 Å². The molecule has 0 aliphatic carbocycles. The van der Waals surface area contributed by atoms with Gasteiger partial charge in [0.25, 0.3) is 0 Å². The second-order valence-electron chi connectivity index (χ2n) is 6.95. The van der Waals surface area contributed by atoms with Crippen LogP contribution in [0.15, 0.2) is 0 Å². The quantitative estimate of drug-likeness (QED) is 0.427. The van der Waals surface area contributed by atoms with E-state index in [1.165, 1.54) is 47.6 Å². The minimum atomic E-state index is -1.75. The summed E-state index contributed by atoms with van der Waals surface area (Å²) in [5, 5.41) is 0. The van der Waals surface area contributed by atoms with Crippen LogP contribution in [-0.2, 0) is 28.4 Å². The van der Waals surface area contributed by atoms with Crippen molar-refractivity contribution in [3.05, 3.63) is 0 Å². The molecule has 174 valence electrons. The Bertz CT molecular complexity index is 651. The Morgan fingerprint density at radius 1 is 0.567 bits per heavy atom. The first kappa shape index (κ1) is 26.2. The smallest absolute Gasteiger partial charge is 0.316 e. The van der Waals surface area contributed by atoms with Gasteiger partial charge in [-0.15, -0.1) is 0 Å². The van der Waals surface area contributed by atoms with E-state index in [1.54, 1.807) is 23.8 Å². The Balaban J connectivity index is 3.84. The maximum absolute atomic E-state index is 5.87. The van der Waals surface area contributed by atoms with Gasteiger partial charge in [-0.1, -0.05) is 0 Å². The van der Waals surface area contributed by atoms with Gasteiger partial charge in [0, 0.05) is 77.9 Å². The molecule has 0 fully saturated rings. The summed E-state index contributed by atoms with van der Waals surface area (Å²) in [6, 6.07) is 0. The highest BCUT2D eigenvalue weighted by Crippen LogP contribution is 2.44. The van der Waals surface area contributed by atoms with Gasteiger partial charge in [0.1, 0.15) is 0 Å². The van der Waals surface area contributed by atoms with E-state index in [4.69, 9.17) is 28.4 Å². The molecule has 0 aliphatic heterocycles. The SMILES string of the molecule is COC(C)(OC)C(OC)(OC)C(OC)(OC)N(C)c1nc(N(C)C)nc(N(C)C)n1. The molecular weight excluding hydrogens is 396 g/mol. The second-order valence-corrected chi connectivity index (χ2v) is 6.95. The Labute approximate surface area is 179 Å². The molecule has 1 aromatic heterocycles. The lowest BCUT2D eigenvalue weighted by atomic mass is 10.0. The monoisotopic (exact) mass is 432 g/mol. The molecule has 0 aromatic carbocycles. The zero-order chi connectivity index (χ0) is 23.3. The van der Waals surface area contributed by atoms with Gasteiger partial charge in [-0.05, 0) is 6.92 Å². The number of methoxy groups -OCH3 is 6. The summed E-state index contributed by atoms with van der Waals surface area (Å²) in [5.41, 5.74) is 0. The van der Waals surface area contributed by atoms with Crippen LogP contribution in [0.3, 0.4) is 0 Å². The number of hydrogen-bond acceptors (Lipinski definition) is 12. The van der Waals surface area contributed by atoms with Crippen LogP contribution in [0.25, 0.3) is 0 Å². The summed E-state index contributed by atoms with van der Waals surface area (Å²) in [6.07, 6.45) is 0. The van der Waals surface area contributed by atoms with Crippen LogP contribution in [0.2, 0.25) is 0 Å². The van der Waals surface area contributed by atoms with Gasteiger partial charge in [-0.3, -0.25) is 4.90 Å². The Morgan fingerprint density at radius 3 is 1.20 bits per heavy atom. The maximum atomic E-state index is 5.87. The minimum absolute atomic E-state index is 0.245. The van der Waals surface area contributed by atoms with Crippen LogP contribution in [0.5, 0.6) is 0 Å². The number of hydrogen-bond donors (Lipinski definition) is 0. The highest BCUT2D eigenvalue weighted by atomic mass is 16.8. The van der Waals surface area contributed by atoms with Gasteiger partial charge in [0.15, 0.2) is 0 Å². The van der Waals surface area contributed by atoms with Crippen molar-refractivity contribution in [2.75, 3.05) is 92.6 Å². The van der Waals surface area contributed by atoms with E-state index in [9.17, 15) is 0 Å². The molecule has 30 heavy (non-hydrogen) atoms. The summed E-state index contributed by atoms with van der Waals surface area (Å²) in [6.45, 7) is 1.64. The van der Waals surface area contributed by atoms with E-state index in [2.05, 4.69) is 15.0 Å². The number of anilines is 3. The summed E-state index contributed by atoms with van der Waals surface area (Å²) < 4.78 is 34.6. The Morgan fingerprint density at radius 2 is 0.933 bits per heavy atom. The lowest BCUT2D eigenvalue weighted by molar-refractivity contribution is -0.471. The highest BCUT2D eigenvalue weighted by molar-refractivity contribution is 5.46. The average molecular weight is 433 g/mol. The molecule has 0 saturated carbocycles. The molecule has 0 atom stereocenters. The van der Waals surface area contributed by atoms with Gasteiger partial charge in [-0.25, -0.2) is 0 Å². The normalized spacial score (nSPS) is 12.8. The molecule has 0 spiro atoms. The van der Waals surface area contributed by atoms with Crippen LogP contribution in [0.1, 0.15) is 6.92 Å². The number of ether oxygens (including phenoxy) is 6. The Hall–Kier alpha value is -1.83. The van der Waals surface area contributed by atoms with Crippen molar-refractivity contribution in [2.24, 2.45) is 0 Å². The van der Waals surface area contributed by atoms with Gasteiger partial charge in [0.05, 0.1) is 0 Å².